The molecule has 0 bridgehead atoms. The number of carbonyl (C=O) groups excluding carboxylic acids is 2. The summed E-state index contributed by atoms with van der Waals surface area (Å²) < 4.78 is 0. The summed E-state index contributed by atoms with van der Waals surface area (Å²) in [5.41, 5.74) is 0.0406. The number of nitrogens with zero attached hydrogens (tertiary/aromatic N) is 3. The standard InChI is InChI=1S/C18H34N4O2/c1-18(2,14-20(3)4)13-19-16(23)15-8-7-11-22(12-15)17(24)21-9-5-6-10-21/h15H,5-14H2,1-4H3,(H,19,23)/t15-/m0/s1. The van der Waals surface area contributed by atoms with E-state index in [1.165, 1.54) is 0 Å². The maximum atomic E-state index is 12.5. The van der Waals surface area contributed by atoms with Crippen molar-refractivity contribution in [3.63, 3.8) is 0 Å². The third-order valence-electron chi connectivity index (χ3n) is 4.92. The van der Waals surface area contributed by atoms with Gasteiger partial charge in [-0.15, -0.1) is 0 Å². The van der Waals surface area contributed by atoms with E-state index in [1.54, 1.807) is 0 Å². The van der Waals surface area contributed by atoms with Gasteiger partial charge in [0.1, 0.15) is 0 Å². The zero-order valence-corrected chi connectivity index (χ0v) is 15.8. The minimum atomic E-state index is -0.0690. The Bertz CT molecular complexity index is 444. The molecule has 2 aliphatic heterocycles. The summed E-state index contributed by atoms with van der Waals surface area (Å²) in [5.74, 6) is 0.0289. The van der Waals surface area contributed by atoms with Crippen molar-refractivity contribution in [2.24, 2.45) is 11.3 Å². The summed E-state index contributed by atoms with van der Waals surface area (Å²) in [7, 11) is 4.10. The fourth-order valence-corrected chi connectivity index (χ4v) is 3.86. The van der Waals surface area contributed by atoms with Gasteiger partial charge >= 0.3 is 6.03 Å². The number of carbonyl (C=O) groups is 2. The van der Waals surface area contributed by atoms with Crippen LogP contribution in [0.4, 0.5) is 4.79 Å². The largest absolute Gasteiger partial charge is 0.355 e. The van der Waals surface area contributed by atoms with Gasteiger partial charge in [0.05, 0.1) is 5.92 Å². The molecule has 2 saturated heterocycles. The molecule has 0 aromatic heterocycles. The van der Waals surface area contributed by atoms with Crippen LogP contribution in [0.25, 0.3) is 0 Å². The predicted octanol–water partition coefficient (Wildman–Crippen LogP) is 1.62. The van der Waals surface area contributed by atoms with Crippen LogP contribution in [0.1, 0.15) is 39.5 Å². The number of rotatable bonds is 5. The molecule has 2 rings (SSSR count). The lowest BCUT2D eigenvalue weighted by Crippen LogP contribution is -2.50. The average molecular weight is 338 g/mol. The highest BCUT2D eigenvalue weighted by Gasteiger charge is 2.32. The van der Waals surface area contributed by atoms with E-state index in [2.05, 4.69) is 24.1 Å². The number of amides is 3. The molecule has 138 valence electrons. The number of hydrogen-bond acceptors (Lipinski definition) is 3. The number of urea groups is 1. The minimum absolute atomic E-state index is 0.0406. The van der Waals surface area contributed by atoms with Crippen LogP contribution in [0.3, 0.4) is 0 Å². The van der Waals surface area contributed by atoms with Crippen LogP contribution in [0.15, 0.2) is 0 Å². The lowest BCUT2D eigenvalue weighted by atomic mass is 9.92. The normalized spacial score (nSPS) is 22.1. The highest BCUT2D eigenvalue weighted by atomic mass is 16.2. The average Bonchev–Trinajstić information content (AvgIpc) is 3.05. The van der Waals surface area contributed by atoms with Crippen LogP contribution in [0.2, 0.25) is 0 Å². The van der Waals surface area contributed by atoms with E-state index in [0.29, 0.717) is 13.1 Å². The fraction of sp³-hybridized carbons (Fsp3) is 0.889. The van der Waals surface area contributed by atoms with Crippen molar-refractivity contribution in [1.82, 2.24) is 20.0 Å². The Kier molecular flexibility index (Phi) is 6.49. The van der Waals surface area contributed by atoms with Gasteiger partial charge in [-0.25, -0.2) is 4.79 Å². The van der Waals surface area contributed by atoms with E-state index >= 15 is 0 Å². The summed E-state index contributed by atoms with van der Waals surface area (Å²) in [6.45, 7) is 9.00. The first-order valence-electron chi connectivity index (χ1n) is 9.25. The molecule has 2 aliphatic rings. The van der Waals surface area contributed by atoms with Crippen LogP contribution >= 0.6 is 0 Å². The van der Waals surface area contributed by atoms with E-state index in [-0.39, 0.29) is 23.3 Å². The van der Waals surface area contributed by atoms with Gasteiger partial charge in [-0.2, -0.15) is 0 Å². The zero-order chi connectivity index (χ0) is 17.7. The van der Waals surface area contributed by atoms with Crippen LogP contribution in [-0.2, 0) is 4.79 Å². The van der Waals surface area contributed by atoms with E-state index in [0.717, 1.165) is 51.9 Å². The first kappa shape index (κ1) is 19.0. The molecule has 0 radical (unpaired) electrons. The summed E-state index contributed by atoms with van der Waals surface area (Å²) >= 11 is 0. The van der Waals surface area contributed by atoms with Crippen molar-refractivity contribution in [2.45, 2.75) is 39.5 Å². The molecule has 0 spiro atoms. The second kappa shape index (κ2) is 8.19. The molecule has 0 saturated carbocycles. The van der Waals surface area contributed by atoms with Crippen molar-refractivity contribution in [2.75, 3.05) is 53.4 Å². The van der Waals surface area contributed by atoms with Crippen LogP contribution < -0.4 is 5.32 Å². The lowest BCUT2D eigenvalue weighted by molar-refractivity contribution is -0.126. The van der Waals surface area contributed by atoms with Crippen molar-refractivity contribution in [1.29, 1.82) is 0 Å². The van der Waals surface area contributed by atoms with Gasteiger partial charge in [-0.05, 0) is 45.2 Å². The van der Waals surface area contributed by atoms with Gasteiger partial charge in [0.25, 0.3) is 0 Å². The fourth-order valence-electron chi connectivity index (χ4n) is 3.86. The molecule has 1 atom stereocenters. The molecule has 0 aromatic rings. The number of piperidine rings is 1. The second-order valence-corrected chi connectivity index (χ2v) is 8.38. The zero-order valence-electron chi connectivity index (χ0n) is 15.8. The van der Waals surface area contributed by atoms with Gasteiger partial charge in [-0.3, -0.25) is 4.79 Å². The molecule has 24 heavy (non-hydrogen) atoms. The van der Waals surface area contributed by atoms with E-state index in [1.807, 2.05) is 23.9 Å². The Morgan fingerprint density at radius 3 is 2.33 bits per heavy atom. The molecule has 2 fully saturated rings. The highest BCUT2D eigenvalue weighted by molar-refractivity contribution is 5.81. The third-order valence-corrected chi connectivity index (χ3v) is 4.92. The predicted molar refractivity (Wildman–Crippen MR) is 95.8 cm³/mol. The topological polar surface area (TPSA) is 55.9 Å². The first-order valence-corrected chi connectivity index (χ1v) is 9.25. The summed E-state index contributed by atoms with van der Waals surface area (Å²) in [6.07, 6.45) is 4.00. The van der Waals surface area contributed by atoms with E-state index in [4.69, 9.17) is 0 Å². The van der Waals surface area contributed by atoms with E-state index in [9.17, 15) is 9.59 Å². The molecule has 0 unspecified atom stereocenters. The monoisotopic (exact) mass is 338 g/mol. The summed E-state index contributed by atoms with van der Waals surface area (Å²) in [4.78, 5) is 31.0. The summed E-state index contributed by atoms with van der Waals surface area (Å²) in [6, 6.07) is 0.123. The van der Waals surface area contributed by atoms with Crippen LogP contribution in [-0.4, -0.2) is 80.0 Å². The molecular formula is C18H34N4O2. The number of nitrogens with one attached hydrogen (secondary N) is 1. The molecule has 6 nitrogen and oxygen atoms in total. The van der Waals surface area contributed by atoms with Crippen LogP contribution in [0, 0.1) is 11.3 Å². The molecule has 2 heterocycles. The Morgan fingerprint density at radius 1 is 1.08 bits per heavy atom. The Balaban J connectivity index is 1.82. The van der Waals surface area contributed by atoms with Crippen molar-refractivity contribution in [3.05, 3.63) is 0 Å². The van der Waals surface area contributed by atoms with Gasteiger partial charge in [-0.1, -0.05) is 13.8 Å². The van der Waals surface area contributed by atoms with Gasteiger partial charge in [0.2, 0.25) is 5.91 Å². The highest BCUT2D eigenvalue weighted by Crippen LogP contribution is 2.21. The first-order chi connectivity index (χ1) is 11.3. The maximum absolute atomic E-state index is 12.5. The number of likely N-dealkylation sites (tertiary alicyclic amines) is 2. The molecule has 6 heteroatoms. The van der Waals surface area contributed by atoms with Gasteiger partial charge in [0.15, 0.2) is 0 Å². The van der Waals surface area contributed by atoms with Crippen LogP contribution in [0.5, 0.6) is 0 Å². The molecular weight excluding hydrogens is 304 g/mol. The smallest absolute Gasteiger partial charge is 0.320 e. The summed E-state index contributed by atoms with van der Waals surface area (Å²) in [5, 5.41) is 3.11. The molecule has 0 aromatic carbocycles. The maximum Gasteiger partial charge on any atom is 0.320 e. The molecule has 3 amide bonds. The quantitative estimate of drug-likeness (QED) is 0.829. The van der Waals surface area contributed by atoms with E-state index < -0.39 is 0 Å². The van der Waals surface area contributed by atoms with Crippen molar-refractivity contribution < 1.29 is 9.59 Å². The Labute approximate surface area is 146 Å². The van der Waals surface area contributed by atoms with Crippen molar-refractivity contribution >= 4 is 11.9 Å². The SMILES string of the molecule is CN(C)CC(C)(C)CNC(=O)[C@H]1CCCN(C(=O)N2CCCC2)C1. The van der Waals surface area contributed by atoms with Gasteiger partial charge in [0, 0.05) is 39.3 Å². The van der Waals surface area contributed by atoms with Gasteiger partial charge < -0.3 is 20.0 Å². The van der Waals surface area contributed by atoms with Crippen molar-refractivity contribution in [3.8, 4) is 0 Å². The Hall–Kier alpha value is -1.30. The lowest BCUT2D eigenvalue weighted by Gasteiger charge is -2.35. The second-order valence-electron chi connectivity index (χ2n) is 8.38. The molecule has 1 N–H and O–H groups in total. The molecule has 0 aliphatic carbocycles. The Morgan fingerprint density at radius 2 is 1.71 bits per heavy atom. The number of hydrogen-bond donors (Lipinski definition) is 1. The minimum Gasteiger partial charge on any atom is -0.355 e. The third kappa shape index (κ3) is 5.36.